The number of hydrogen-bond donors (Lipinski definition) is 1. The van der Waals surface area contributed by atoms with Gasteiger partial charge < -0.3 is 9.80 Å². The fourth-order valence-corrected chi connectivity index (χ4v) is 4.25. The van der Waals surface area contributed by atoms with Gasteiger partial charge in [-0.2, -0.15) is 0 Å². The summed E-state index contributed by atoms with van der Waals surface area (Å²) < 4.78 is 53.4. The van der Waals surface area contributed by atoms with Crippen LogP contribution in [0.4, 0.5) is 20.3 Å². The molecule has 0 radical (unpaired) electrons. The van der Waals surface area contributed by atoms with E-state index in [1.807, 2.05) is 11.9 Å². The highest BCUT2D eigenvalue weighted by molar-refractivity contribution is 7.92. The fourth-order valence-electron chi connectivity index (χ4n) is 3.26. The molecule has 1 aromatic heterocycles. The number of aromatic nitrogens is 1. The van der Waals surface area contributed by atoms with Gasteiger partial charge in [-0.25, -0.2) is 22.2 Å². The van der Waals surface area contributed by atoms with E-state index in [1.165, 1.54) is 12.3 Å². The molecule has 3 rings (SSSR count). The van der Waals surface area contributed by atoms with Crippen molar-refractivity contribution < 1.29 is 17.2 Å². The number of rotatable bonds is 6. The smallest absolute Gasteiger partial charge is 0.263 e. The van der Waals surface area contributed by atoms with Gasteiger partial charge >= 0.3 is 0 Å². The van der Waals surface area contributed by atoms with E-state index in [0.717, 1.165) is 50.7 Å². The van der Waals surface area contributed by atoms with Crippen LogP contribution in [0.25, 0.3) is 0 Å². The van der Waals surface area contributed by atoms with Crippen molar-refractivity contribution in [3.63, 3.8) is 0 Å². The number of hydrogen-bond acceptors (Lipinski definition) is 5. The zero-order valence-electron chi connectivity index (χ0n) is 15.9. The number of benzene rings is 1. The molecular formula is C19H24F2N4O2S. The monoisotopic (exact) mass is 410 g/mol. The van der Waals surface area contributed by atoms with E-state index in [1.54, 1.807) is 6.07 Å². The lowest BCUT2D eigenvalue weighted by Gasteiger charge is -2.32. The molecule has 1 fully saturated rings. The fraction of sp³-hybridized carbons (Fsp3) is 0.421. The number of halogens is 2. The second-order valence-corrected chi connectivity index (χ2v) is 8.90. The summed E-state index contributed by atoms with van der Waals surface area (Å²) in [5, 5.41) is 0. The molecular weight excluding hydrogens is 386 g/mol. The standard InChI is InChI=1S/C19H24F2N4O2S/c1-24-9-7-14(8-10-24)13-25(2)19-6-4-16(12-22-19)28(26,27)23-15-3-5-17(20)18(21)11-15/h3-6,11-12,14,23H,7-10,13H2,1-2H3. The maximum absolute atomic E-state index is 13.3. The summed E-state index contributed by atoms with van der Waals surface area (Å²) in [7, 11) is 0.115. The van der Waals surface area contributed by atoms with Crippen molar-refractivity contribution in [2.24, 2.45) is 5.92 Å². The summed E-state index contributed by atoms with van der Waals surface area (Å²) >= 11 is 0. The predicted molar refractivity (Wildman–Crippen MR) is 105 cm³/mol. The van der Waals surface area contributed by atoms with E-state index >= 15 is 0 Å². The van der Waals surface area contributed by atoms with Crippen LogP contribution in [0, 0.1) is 17.6 Å². The second kappa shape index (κ2) is 8.40. The third-order valence-electron chi connectivity index (χ3n) is 4.96. The Hall–Kier alpha value is -2.26. The van der Waals surface area contributed by atoms with Crippen molar-refractivity contribution in [1.29, 1.82) is 0 Å². The summed E-state index contributed by atoms with van der Waals surface area (Å²) in [6, 6.07) is 5.92. The normalized spacial score (nSPS) is 16.1. The summed E-state index contributed by atoms with van der Waals surface area (Å²) in [4.78, 5) is 8.55. The van der Waals surface area contributed by atoms with Gasteiger partial charge in [0.15, 0.2) is 11.6 Å². The van der Waals surface area contributed by atoms with Crippen molar-refractivity contribution in [3.05, 3.63) is 48.2 Å². The Bertz CT molecular complexity index is 914. The topological polar surface area (TPSA) is 65.5 Å². The summed E-state index contributed by atoms with van der Waals surface area (Å²) in [6.45, 7) is 3.03. The van der Waals surface area contributed by atoms with E-state index < -0.39 is 21.7 Å². The maximum Gasteiger partial charge on any atom is 0.263 e. The molecule has 152 valence electrons. The number of sulfonamides is 1. The van der Waals surface area contributed by atoms with E-state index in [0.29, 0.717) is 11.7 Å². The van der Waals surface area contributed by atoms with Crippen LogP contribution < -0.4 is 9.62 Å². The Labute approximate surface area is 164 Å². The highest BCUT2D eigenvalue weighted by atomic mass is 32.2. The molecule has 1 aromatic carbocycles. The summed E-state index contributed by atoms with van der Waals surface area (Å²) in [5.41, 5.74) is -0.0534. The number of pyridine rings is 1. The Morgan fingerprint density at radius 1 is 1.18 bits per heavy atom. The van der Waals surface area contributed by atoms with Gasteiger partial charge in [0.1, 0.15) is 10.7 Å². The molecule has 0 bridgehead atoms. The highest BCUT2D eigenvalue weighted by Crippen LogP contribution is 2.22. The number of likely N-dealkylation sites (tertiary alicyclic amines) is 1. The van der Waals surface area contributed by atoms with Gasteiger partial charge in [-0.3, -0.25) is 4.72 Å². The number of anilines is 2. The van der Waals surface area contributed by atoms with Crippen LogP contribution in [0.2, 0.25) is 0 Å². The van der Waals surface area contributed by atoms with Gasteiger partial charge in [0, 0.05) is 25.9 Å². The SMILES string of the molecule is CN1CCC(CN(C)c2ccc(S(=O)(=O)Nc3ccc(F)c(F)c3)cn2)CC1. The molecule has 1 aliphatic rings. The zero-order valence-corrected chi connectivity index (χ0v) is 16.7. The summed E-state index contributed by atoms with van der Waals surface area (Å²) in [5.74, 6) is -0.891. The molecule has 0 amide bonds. The third-order valence-corrected chi connectivity index (χ3v) is 6.33. The molecule has 0 aliphatic carbocycles. The number of nitrogens with one attached hydrogen (secondary N) is 1. The molecule has 2 heterocycles. The number of nitrogens with zero attached hydrogens (tertiary/aromatic N) is 3. The molecule has 1 aliphatic heterocycles. The predicted octanol–water partition coefficient (Wildman–Crippen LogP) is 2.94. The minimum atomic E-state index is -3.94. The van der Waals surface area contributed by atoms with Crippen molar-refractivity contribution >= 4 is 21.5 Å². The first-order valence-electron chi connectivity index (χ1n) is 9.08. The average molecular weight is 410 g/mol. The van der Waals surface area contributed by atoms with Gasteiger partial charge in [0.2, 0.25) is 0 Å². The Balaban J connectivity index is 1.66. The lowest BCUT2D eigenvalue weighted by atomic mass is 9.97. The molecule has 6 nitrogen and oxygen atoms in total. The quantitative estimate of drug-likeness (QED) is 0.793. The largest absolute Gasteiger partial charge is 0.359 e. The second-order valence-electron chi connectivity index (χ2n) is 7.21. The molecule has 1 N–H and O–H groups in total. The Kier molecular flexibility index (Phi) is 6.14. The van der Waals surface area contributed by atoms with Gasteiger partial charge in [-0.15, -0.1) is 0 Å². The molecule has 0 unspecified atom stereocenters. The van der Waals surface area contributed by atoms with Crippen LogP contribution >= 0.6 is 0 Å². The third kappa shape index (κ3) is 4.96. The van der Waals surface area contributed by atoms with Crippen LogP contribution in [0.5, 0.6) is 0 Å². The Morgan fingerprint density at radius 3 is 2.50 bits per heavy atom. The lowest BCUT2D eigenvalue weighted by Crippen LogP contribution is -2.36. The minimum Gasteiger partial charge on any atom is -0.359 e. The summed E-state index contributed by atoms with van der Waals surface area (Å²) in [6.07, 6.45) is 3.53. The van der Waals surface area contributed by atoms with Crippen LogP contribution in [-0.4, -0.2) is 52.0 Å². The van der Waals surface area contributed by atoms with Crippen LogP contribution in [0.15, 0.2) is 41.4 Å². The first kappa shape index (κ1) is 20.5. The van der Waals surface area contributed by atoms with Crippen molar-refractivity contribution in [3.8, 4) is 0 Å². The van der Waals surface area contributed by atoms with Crippen molar-refractivity contribution in [2.75, 3.05) is 43.4 Å². The molecule has 1 saturated heterocycles. The van der Waals surface area contributed by atoms with Crippen LogP contribution in [-0.2, 0) is 10.0 Å². The first-order chi connectivity index (χ1) is 13.2. The van der Waals surface area contributed by atoms with E-state index in [9.17, 15) is 17.2 Å². The lowest BCUT2D eigenvalue weighted by molar-refractivity contribution is 0.222. The van der Waals surface area contributed by atoms with Crippen LogP contribution in [0.1, 0.15) is 12.8 Å². The molecule has 0 saturated carbocycles. The van der Waals surface area contributed by atoms with Gasteiger partial charge in [0.25, 0.3) is 10.0 Å². The van der Waals surface area contributed by atoms with E-state index in [2.05, 4.69) is 21.7 Å². The first-order valence-corrected chi connectivity index (χ1v) is 10.6. The minimum absolute atomic E-state index is 0.0475. The van der Waals surface area contributed by atoms with E-state index in [-0.39, 0.29) is 10.6 Å². The highest BCUT2D eigenvalue weighted by Gasteiger charge is 2.20. The molecule has 28 heavy (non-hydrogen) atoms. The van der Waals surface area contributed by atoms with Crippen molar-refractivity contribution in [2.45, 2.75) is 17.7 Å². The average Bonchev–Trinajstić information content (AvgIpc) is 2.66. The van der Waals surface area contributed by atoms with Gasteiger partial charge in [-0.05, 0) is 63.2 Å². The maximum atomic E-state index is 13.3. The van der Waals surface area contributed by atoms with Gasteiger partial charge in [-0.1, -0.05) is 0 Å². The molecule has 2 aromatic rings. The van der Waals surface area contributed by atoms with Gasteiger partial charge in [0.05, 0.1) is 5.69 Å². The number of piperidine rings is 1. The molecule has 0 spiro atoms. The molecule has 9 heteroatoms. The van der Waals surface area contributed by atoms with E-state index in [4.69, 9.17) is 0 Å². The van der Waals surface area contributed by atoms with Crippen LogP contribution in [0.3, 0.4) is 0 Å². The van der Waals surface area contributed by atoms with Crippen molar-refractivity contribution in [1.82, 2.24) is 9.88 Å². The Morgan fingerprint density at radius 2 is 1.89 bits per heavy atom. The molecule has 0 atom stereocenters. The zero-order chi connectivity index (χ0) is 20.3.